The molecule has 0 aliphatic rings. The molecule has 90 valence electrons. The number of nitrogens with two attached hydrogens (primary N) is 1. The number of hydrogen-bond acceptors (Lipinski definition) is 3. The van der Waals surface area contributed by atoms with Gasteiger partial charge in [-0.15, -0.1) is 11.3 Å². The van der Waals surface area contributed by atoms with Crippen LogP contribution in [0.15, 0.2) is 11.4 Å². The summed E-state index contributed by atoms with van der Waals surface area (Å²) in [6.45, 7) is 4.13. The maximum atomic E-state index is 10.8. The summed E-state index contributed by atoms with van der Waals surface area (Å²) in [7, 11) is 2.03. The summed E-state index contributed by atoms with van der Waals surface area (Å²) in [4.78, 5) is 15.3. The van der Waals surface area contributed by atoms with Crippen molar-refractivity contribution in [1.82, 2.24) is 9.55 Å². The van der Waals surface area contributed by atoms with Crippen molar-refractivity contribution in [3.05, 3.63) is 27.8 Å². The second-order valence-corrected chi connectivity index (χ2v) is 5.06. The summed E-state index contributed by atoms with van der Waals surface area (Å²) in [5, 5.41) is 2.74. The average Bonchev–Trinajstić information content (AvgIpc) is 2.78. The van der Waals surface area contributed by atoms with Gasteiger partial charge in [-0.25, -0.2) is 4.98 Å². The number of thiazole rings is 1. The van der Waals surface area contributed by atoms with Crippen LogP contribution in [0, 0.1) is 13.8 Å². The van der Waals surface area contributed by atoms with Crippen LogP contribution in [0.5, 0.6) is 0 Å². The molecule has 0 fully saturated rings. The van der Waals surface area contributed by atoms with Gasteiger partial charge < -0.3 is 10.3 Å². The predicted octanol–water partition coefficient (Wildman–Crippen LogP) is 1.79. The van der Waals surface area contributed by atoms with Gasteiger partial charge in [0.05, 0.1) is 12.1 Å². The topological polar surface area (TPSA) is 60.9 Å². The molecule has 0 aliphatic carbocycles. The molecule has 0 atom stereocenters. The molecule has 2 rings (SSSR count). The van der Waals surface area contributed by atoms with E-state index >= 15 is 0 Å². The molecular weight excluding hydrogens is 234 g/mol. The first-order chi connectivity index (χ1) is 7.99. The SMILES string of the molecule is Cc1cc(-c2csc(CC(N)=O)n2)c(C)n1C. The van der Waals surface area contributed by atoms with Crippen LogP contribution in [0.1, 0.15) is 16.4 Å². The van der Waals surface area contributed by atoms with Gasteiger partial charge in [0.2, 0.25) is 5.91 Å². The summed E-state index contributed by atoms with van der Waals surface area (Å²) in [6, 6.07) is 2.11. The molecule has 2 aromatic rings. The highest BCUT2D eigenvalue weighted by molar-refractivity contribution is 7.10. The van der Waals surface area contributed by atoms with Gasteiger partial charge in [-0.1, -0.05) is 0 Å². The molecule has 2 aromatic heterocycles. The van der Waals surface area contributed by atoms with Crippen LogP contribution in [-0.2, 0) is 18.3 Å². The van der Waals surface area contributed by atoms with E-state index in [4.69, 9.17) is 5.73 Å². The Morgan fingerprint density at radius 3 is 2.76 bits per heavy atom. The summed E-state index contributed by atoms with van der Waals surface area (Å²) < 4.78 is 2.13. The lowest BCUT2D eigenvalue weighted by atomic mass is 10.2. The fourth-order valence-corrected chi connectivity index (χ4v) is 2.58. The number of carbonyl (C=O) groups excluding carboxylic acids is 1. The van der Waals surface area contributed by atoms with Crippen molar-refractivity contribution in [2.45, 2.75) is 20.3 Å². The van der Waals surface area contributed by atoms with Crippen molar-refractivity contribution < 1.29 is 4.79 Å². The van der Waals surface area contributed by atoms with E-state index in [1.54, 1.807) is 0 Å². The Hall–Kier alpha value is -1.62. The Morgan fingerprint density at radius 2 is 2.24 bits per heavy atom. The zero-order valence-electron chi connectivity index (χ0n) is 10.2. The fraction of sp³-hybridized carbons (Fsp3) is 0.333. The highest BCUT2D eigenvalue weighted by Crippen LogP contribution is 2.27. The maximum absolute atomic E-state index is 10.8. The number of amides is 1. The summed E-state index contributed by atoms with van der Waals surface area (Å²) in [6.07, 6.45) is 0.218. The third kappa shape index (κ3) is 2.24. The van der Waals surface area contributed by atoms with E-state index < -0.39 is 0 Å². The molecule has 5 heteroatoms. The van der Waals surface area contributed by atoms with Gasteiger partial charge in [-0.2, -0.15) is 0 Å². The molecule has 4 nitrogen and oxygen atoms in total. The molecule has 1 amide bonds. The van der Waals surface area contributed by atoms with Gasteiger partial charge in [0, 0.05) is 29.4 Å². The van der Waals surface area contributed by atoms with Crippen LogP contribution < -0.4 is 5.73 Å². The van der Waals surface area contributed by atoms with Crippen molar-refractivity contribution in [2.24, 2.45) is 12.8 Å². The van der Waals surface area contributed by atoms with E-state index in [0.717, 1.165) is 16.3 Å². The van der Waals surface area contributed by atoms with Gasteiger partial charge >= 0.3 is 0 Å². The van der Waals surface area contributed by atoms with E-state index in [2.05, 4.69) is 29.5 Å². The second-order valence-electron chi connectivity index (χ2n) is 4.11. The second kappa shape index (κ2) is 4.33. The predicted molar refractivity (Wildman–Crippen MR) is 68.9 cm³/mol. The van der Waals surface area contributed by atoms with E-state index in [1.807, 2.05) is 12.4 Å². The standard InChI is InChI=1S/C12H15N3OS/c1-7-4-9(8(2)15(7)3)10-6-17-12(14-10)5-11(13)16/h4,6H,5H2,1-3H3,(H2,13,16). The Bertz CT molecular complexity index is 568. The van der Waals surface area contributed by atoms with Gasteiger partial charge in [0.1, 0.15) is 5.01 Å². The first-order valence-electron chi connectivity index (χ1n) is 5.35. The van der Waals surface area contributed by atoms with Gasteiger partial charge in [0.25, 0.3) is 0 Å². The number of hydrogen-bond donors (Lipinski definition) is 1. The molecule has 17 heavy (non-hydrogen) atoms. The lowest BCUT2D eigenvalue weighted by molar-refractivity contribution is -0.117. The molecule has 0 bridgehead atoms. The Labute approximate surface area is 104 Å². The molecule has 0 unspecified atom stereocenters. The zero-order chi connectivity index (χ0) is 12.6. The Morgan fingerprint density at radius 1 is 1.53 bits per heavy atom. The highest BCUT2D eigenvalue weighted by Gasteiger charge is 2.12. The van der Waals surface area contributed by atoms with Crippen molar-refractivity contribution in [2.75, 3.05) is 0 Å². The average molecular weight is 249 g/mol. The van der Waals surface area contributed by atoms with Crippen molar-refractivity contribution >= 4 is 17.2 Å². The molecule has 2 N–H and O–H groups in total. The number of carbonyl (C=O) groups is 1. The zero-order valence-corrected chi connectivity index (χ0v) is 11.0. The molecule has 0 saturated heterocycles. The Kier molecular flexibility index (Phi) is 3.02. The lowest BCUT2D eigenvalue weighted by Crippen LogP contribution is -2.13. The van der Waals surface area contributed by atoms with E-state index in [1.165, 1.54) is 22.7 Å². The van der Waals surface area contributed by atoms with E-state index in [-0.39, 0.29) is 12.3 Å². The Balaban J connectivity index is 2.37. The van der Waals surface area contributed by atoms with Gasteiger partial charge in [-0.05, 0) is 19.9 Å². The van der Waals surface area contributed by atoms with E-state index in [0.29, 0.717) is 0 Å². The first kappa shape index (κ1) is 11.9. The minimum Gasteiger partial charge on any atom is -0.369 e. The van der Waals surface area contributed by atoms with Gasteiger partial charge in [0.15, 0.2) is 0 Å². The van der Waals surface area contributed by atoms with Crippen LogP contribution in [0.4, 0.5) is 0 Å². The molecule has 2 heterocycles. The minimum absolute atomic E-state index is 0.218. The lowest BCUT2D eigenvalue weighted by Gasteiger charge is -1.99. The van der Waals surface area contributed by atoms with Crippen molar-refractivity contribution in [3.63, 3.8) is 0 Å². The highest BCUT2D eigenvalue weighted by atomic mass is 32.1. The number of aryl methyl sites for hydroxylation is 1. The molecule has 0 saturated carbocycles. The number of aromatic nitrogens is 2. The smallest absolute Gasteiger partial charge is 0.224 e. The molecule has 0 aromatic carbocycles. The summed E-state index contributed by atoms with van der Waals surface area (Å²) >= 11 is 1.48. The normalized spacial score (nSPS) is 10.8. The molecule has 0 radical (unpaired) electrons. The summed E-state index contributed by atoms with van der Waals surface area (Å²) in [5.41, 5.74) is 9.58. The first-order valence-corrected chi connectivity index (χ1v) is 6.23. The molecular formula is C12H15N3OS. The number of rotatable bonds is 3. The summed E-state index contributed by atoms with van der Waals surface area (Å²) in [5.74, 6) is -0.341. The third-order valence-electron chi connectivity index (χ3n) is 2.93. The van der Waals surface area contributed by atoms with Crippen molar-refractivity contribution in [1.29, 1.82) is 0 Å². The fourth-order valence-electron chi connectivity index (χ4n) is 1.78. The van der Waals surface area contributed by atoms with Gasteiger partial charge in [-0.3, -0.25) is 4.79 Å². The largest absolute Gasteiger partial charge is 0.369 e. The molecule has 0 spiro atoms. The maximum Gasteiger partial charge on any atom is 0.224 e. The number of primary amides is 1. The van der Waals surface area contributed by atoms with Crippen LogP contribution in [0.25, 0.3) is 11.3 Å². The van der Waals surface area contributed by atoms with Crippen LogP contribution >= 0.6 is 11.3 Å². The van der Waals surface area contributed by atoms with E-state index in [9.17, 15) is 4.79 Å². The van der Waals surface area contributed by atoms with Crippen LogP contribution in [-0.4, -0.2) is 15.5 Å². The number of nitrogens with zero attached hydrogens (tertiary/aromatic N) is 2. The molecule has 0 aliphatic heterocycles. The minimum atomic E-state index is -0.341. The quantitative estimate of drug-likeness (QED) is 0.901. The van der Waals surface area contributed by atoms with Crippen LogP contribution in [0.2, 0.25) is 0 Å². The monoisotopic (exact) mass is 249 g/mol. The van der Waals surface area contributed by atoms with Crippen molar-refractivity contribution in [3.8, 4) is 11.3 Å². The van der Waals surface area contributed by atoms with Crippen LogP contribution in [0.3, 0.4) is 0 Å². The third-order valence-corrected chi connectivity index (χ3v) is 3.78.